The summed E-state index contributed by atoms with van der Waals surface area (Å²) in [6, 6.07) is 14.3. The van der Waals surface area contributed by atoms with E-state index < -0.39 is 5.97 Å². The highest BCUT2D eigenvalue weighted by Crippen LogP contribution is 2.18. The van der Waals surface area contributed by atoms with Crippen molar-refractivity contribution in [2.45, 2.75) is 6.61 Å². The molecule has 5 nitrogen and oxygen atoms in total. The second kappa shape index (κ2) is 8.53. The molecule has 24 heavy (non-hydrogen) atoms. The van der Waals surface area contributed by atoms with Crippen LogP contribution in [0, 0.1) is 0 Å². The second-order valence-electron chi connectivity index (χ2n) is 4.95. The van der Waals surface area contributed by atoms with Crippen molar-refractivity contribution in [2.24, 2.45) is 0 Å². The molecule has 0 fully saturated rings. The third-order valence-electron chi connectivity index (χ3n) is 3.37. The SMILES string of the molecule is CNC(=O)c1ccc(/C=C/C(=O)OCc2ccccc2OC)cc1. The van der Waals surface area contributed by atoms with Crippen LogP contribution in [-0.2, 0) is 16.1 Å². The molecule has 0 atom stereocenters. The Bertz CT molecular complexity index is 735. The van der Waals surface area contributed by atoms with Gasteiger partial charge >= 0.3 is 5.97 Å². The maximum Gasteiger partial charge on any atom is 0.331 e. The molecule has 0 heterocycles. The van der Waals surface area contributed by atoms with E-state index in [1.807, 2.05) is 24.3 Å². The molecular weight excluding hydrogens is 306 g/mol. The van der Waals surface area contributed by atoms with Crippen molar-refractivity contribution in [2.75, 3.05) is 14.2 Å². The van der Waals surface area contributed by atoms with Crippen molar-refractivity contribution in [3.8, 4) is 5.75 Å². The summed E-state index contributed by atoms with van der Waals surface area (Å²) in [5.74, 6) is 0.0806. The van der Waals surface area contributed by atoms with Gasteiger partial charge in [0.05, 0.1) is 7.11 Å². The standard InChI is InChI=1S/C19H19NO4/c1-20-19(22)15-10-7-14(8-11-15)9-12-18(21)24-13-16-5-3-4-6-17(16)23-2/h3-12H,13H2,1-2H3,(H,20,22)/b12-9+. The van der Waals surface area contributed by atoms with Crippen molar-refractivity contribution in [1.82, 2.24) is 5.32 Å². The van der Waals surface area contributed by atoms with E-state index in [0.717, 1.165) is 11.1 Å². The quantitative estimate of drug-likeness (QED) is 0.655. The number of ether oxygens (including phenoxy) is 2. The topological polar surface area (TPSA) is 64.6 Å². The van der Waals surface area contributed by atoms with Crippen molar-refractivity contribution < 1.29 is 19.1 Å². The highest BCUT2D eigenvalue weighted by molar-refractivity contribution is 5.94. The molecule has 0 spiro atoms. The Kier molecular flexibility index (Phi) is 6.14. The van der Waals surface area contributed by atoms with Crippen LogP contribution < -0.4 is 10.1 Å². The summed E-state index contributed by atoms with van der Waals surface area (Å²) < 4.78 is 10.4. The van der Waals surface area contributed by atoms with Crippen molar-refractivity contribution in [1.29, 1.82) is 0 Å². The molecular formula is C19H19NO4. The van der Waals surface area contributed by atoms with Crippen LogP contribution in [0.4, 0.5) is 0 Å². The molecule has 5 heteroatoms. The molecule has 124 valence electrons. The van der Waals surface area contributed by atoms with Gasteiger partial charge in [0, 0.05) is 24.3 Å². The zero-order chi connectivity index (χ0) is 17.4. The Labute approximate surface area is 140 Å². The number of rotatable bonds is 6. The summed E-state index contributed by atoms with van der Waals surface area (Å²) in [6.45, 7) is 0.142. The summed E-state index contributed by atoms with van der Waals surface area (Å²) in [5, 5.41) is 2.55. The van der Waals surface area contributed by atoms with Crippen molar-refractivity contribution in [3.05, 3.63) is 71.3 Å². The summed E-state index contributed by atoms with van der Waals surface area (Å²) >= 11 is 0. The van der Waals surface area contributed by atoms with Crippen molar-refractivity contribution in [3.63, 3.8) is 0 Å². The lowest BCUT2D eigenvalue weighted by molar-refractivity contribution is -0.138. The molecule has 1 amide bonds. The Morgan fingerprint density at radius 2 is 1.79 bits per heavy atom. The number of nitrogens with one attached hydrogen (secondary N) is 1. The first kappa shape index (κ1) is 17.3. The maximum absolute atomic E-state index is 11.8. The summed E-state index contributed by atoms with van der Waals surface area (Å²) in [6.07, 6.45) is 2.99. The highest BCUT2D eigenvalue weighted by Gasteiger charge is 2.05. The average Bonchev–Trinajstić information content (AvgIpc) is 2.64. The van der Waals surface area contributed by atoms with Gasteiger partial charge in [0.25, 0.3) is 5.91 Å². The number of hydrogen-bond donors (Lipinski definition) is 1. The fourth-order valence-corrected chi connectivity index (χ4v) is 2.07. The molecule has 2 aromatic carbocycles. The largest absolute Gasteiger partial charge is 0.496 e. The average molecular weight is 325 g/mol. The van der Waals surface area contributed by atoms with Crippen LogP contribution in [0.2, 0.25) is 0 Å². The van der Waals surface area contributed by atoms with E-state index in [1.165, 1.54) is 6.08 Å². The third-order valence-corrected chi connectivity index (χ3v) is 3.37. The van der Waals surface area contributed by atoms with Crippen LogP contribution in [0.1, 0.15) is 21.5 Å². The fourth-order valence-electron chi connectivity index (χ4n) is 2.07. The molecule has 1 N–H and O–H groups in total. The predicted molar refractivity (Wildman–Crippen MR) is 91.7 cm³/mol. The van der Waals surface area contributed by atoms with Gasteiger partial charge in [0.2, 0.25) is 0 Å². The Hall–Kier alpha value is -3.08. The third kappa shape index (κ3) is 4.71. The number of amides is 1. The fraction of sp³-hybridized carbons (Fsp3) is 0.158. The first-order valence-corrected chi connectivity index (χ1v) is 7.43. The van der Waals surface area contributed by atoms with Crippen LogP contribution in [0.25, 0.3) is 6.08 Å². The summed E-state index contributed by atoms with van der Waals surface area (Å²) in [7, 11) is 3.15. The van der Waals surface area contributed by atoms with Gasteiger partial charge in [0.15, 0.2) is 0 Å². The first-order chi connectivity index (χ1) is 11.6. The van der Waals surface area contributed by atoms with Gasteiger partial charge in [0.1, 0.15) is 12.4 Å². The zero-order valence-electron chi connectivity index (χ0n) is 13.6. The number of methoxy groups -OCH3 is 1. The van der Waals surface area contributed by atoms with E-state index >= 15 is 0 Å². The smallest absolute Gasteiger partial charge is 0.331 e. The summed E-state index contributed by atoms with van der Waals surface area (Å²) in [4.78, 5) is 23.2. The molecule has 2 aromatic rings. The lowest BCUT2D eigenvalue weighted by Crippen LogP contribution is -2.17. The molecule has 0 aliphatic heterocycles. The van der Waals surface area contributed by atoms with Crippen LogP contribution in [0.15, 0.2) is 54.6 Å². The lowest BCUT2D eigenvalue weighted by Gasteiger charge is -2.07. The molecule has 0 aromatic heterocycles. The van der Waals surface area contributed by atoms with Gasteiger partial charge in [-0.15, -0.1) is 0 Å². The van der Waals surface area contributed by atoms with Gasteiger partial charge in [-0.25, -0.2) is 4.79 Å². The van der Waals surface area contributed by atoms with E-state index in [2.05, 4.69) is 5.32 Å². The van der Waals surface area contributed by atoms with Gasteiger partial charge < -0.3 is 14.8 Å². The Morgan fingerprint density at radius 3 is 2.46 bits per heavy atom. The van der Waals surface area contributed by atoms with Gasteiger partial charge in [-0.1, -0.05) is 30.3 Å². The molecule has 0 saturated heterocycles. The van der Waals surface area contributed by atoms with Crippen molar-refractivity contribution >= 4 is 18.0 Å². The highest BCUT2D eigenvalue weighted by atomic mass is 16.5. The Morgan fingerprint density at radius 1 is 1.08 bits per heavy atom. The minimum Gasteiger partial charge on any atom is -0.496 e. The van der Waals surface area contributed by atoms with E-state index in [0.29, 0.717) is 11.3 Å². The van der Waals surface area contributed by atoms with E-state index in [-0.39, 0.29) is 12.5 Å². The van der Waals surface area contributed by atoms with Gasteiger partial charge in [-0.05, 0) is 29.8 Å². The first-order valence-electron chi connectivity index (χ1n) is 7.43. The van der Waals surface area contributed by atoms with Gasteiger partial charge in [-0.3, -0.25) is 4.79 Å². The molecule has 2 rings (SSSR count). The van der Waals surface area contributed by atoms with Crippen LogP contribution in [-0.4, -0.2) is 26.0 Å². The van der Waals surface area contributed by atoms with Crippen LogP contribution in [0.3, 0.4) is 0 Å². The van der Waals surface area contributed by atoms with E-state index in [4.69, 9.17) is 9.47 Å². The van der Waals surface area contributed by atoms with Gasteiger partial charge in [-0.2, -0.15) is 0 Å². The minimum absolute atomic E-state index is 0.142. The van der Waals surface area contributed by atoms with E-state index in [9.17, 15) is 9.59 Å². The maximum atomic E-state index is 11.8. The monoisotopic (exact) mass is 325 g/mol. The number of hydrogen-bond acceptors (Lipinski definition) is 4. The minimum atomic E-state index is -0.448. The molecule has 0 bridgehead atoms. The van der Waals surface area contributed by atoms with E-state index in [1.54, 1.807) is 44.5 Å². The molecule has 0 aliphatic rings. The Balaban J connectivity index is 1.92. The number of para-hydroxylation sites is 1. The number of carbonyl (C=O) groups is 2. The number of benzene rings is 2. The normalized spacial score (nSPS) is 10.4. The second-order valence-corrected chi connectivity index (χ2v) is 4.95. The molecule has 0 unspecified atom stereocenters. The van der Waals surface area contributed by atoms with Crippen LogP contribution in [0.5, 0.6) is 5.75 Å². The number of carbonyl (C=O) groups excluding carboxylic acids is 2. The zero-order valence-corrected chi connectivity index (χ0v) is 13.6. The lowest BCUT2D eigenvalue weighted by atomic mass is 10.1. The molecule has 0 saturated carbocycles. The molecule has 0 aliphatic carbocycles. The van der Waals surface area contributed by atoms with Crippen LogP contribution >= 0.6 is 0 Å². The predicted octanol–water partition coefficient (Wildman–Crippen LogP) is 2.81. The molecule has 0 radical (unpaired) electrons. The number of esters is 1. The summed E-state index contributed by atoms with van der Waals surface area (Å²) in [5.41, 5.74) is 2.17.